The Labute approximate surface area is 119 Å². The summed E-state index contributed by atoms with van der Waals surface area (Å²) < 4.78 is 39.2. The lowest BCUT2D eigenvalue weighted by molar-refractivity contribution is -0.137. The number of hydrogen-bond acceptors (Lipinski definition) is 2. The minimum absolute atomic E-state index is 0.134. The van der Waals surface area contributed by atoms with Crippen LogP contribution in [0.1, 0.15) is 24.5 Å². The molecule has 0 aliphatic carbocycles. The van der Waals surface area contributed by atoms with E-state index in [4.69, 9.17) is 5.26 Å². The van der Waals surface area contributed by atoms with E-state index in [-0.39, 0.29) is 12.1 Å². The Morgan fingerprint density at radius 3 is 2.53 bits per heavy atom. The van der Waals surface area contributed by atoms with Gasteiger partial charge in [0.05, 0.1) is 18.1 Å². The number of nitriles is 1. The largest absolute Gasteiger partial charge is 0.418 e. The third-order valence-corrected chi connectivity index (χ3v) is 3.38. The van der Waals surface area contributed by atoms with Gasteiger partial charge in [0.1, 0.15) is 0 Å². The first kappa shape index (κ1) is 15.8. The maximum absolute atomic E-state index is 13.1. The first-order valence-electron chi connectivity index (χ1n) is 5.82. The van der Waals surface area contributed by atoms with Crippen LogP contribution in [-0.2, 0) is 11.5 Å². The highest BCUT2D eigenvalue weighted by Crippen LogP contribution is 2.37. The molecule has 0 amide bonds. The summed E-state index contributed by atoms with van der Waals surface area (Å²) >= 11 is 3.15. The monoisotopic (exact) mass is 334 g/mol. The summed E-state index contributed by atoms with van der Waals surface area (Å²) in [6.45, 7) is 2.50. The van der Waals surface area contributed by atoms with E-state index < -0.39 is 11.7 Å². The Bertz CT molecular complexity index is 466. The topological polar surface area (TPSA) is 27.0 Å². The minimum Gasteiger partial charge on any atom is -0.370 e. The van der Waals surface area contributed by atoms with E-state index in [0.717, 1.165) is 6.07 Å². The van der Waals surface area contributed by atoms with E-state index >= 15 is 0 Å². The van der Waals surface area contributed by atoms with Crippen molar-refractivity contribution < 1.29 is 13.2 Å². The van der Waals surface area contributed by atoms with E-state index in [1.165, 1.54) is 6.07 Å². The molecule has 0 heterocycles. The standard InChI is InChI=1S/C13H14BrF3N2/c1-2-19(7-3-6-18)12-5-4-10(9-14)8-11(12)13(15,16)17/h4-5,8H,2-3,7,9H2,1H3. The first-order chi connectivity index (χ1) is 8.93. The van der Waals surface area contributed by atoms with Crippen molar-refractivity contribution in [3.63, 3.8) is 0 Å². The molecule has 0 N–H and O–H groups in total. The van der Waals surface area contributed by atoms with Crippen LogP contribution in [0.3, 0.4) is 0 Å². The van der Waals surface area contributed by atoms with Gasteiger partial charge in [0, 0.05) is 24.1 Å². The molecule has 1 rings (SSSR count). The average Bonchev–Trinajstić information content (AvgIpc) is 2.38. The number of nitrogens with zero attached hydrogens (tertiary/aromatic N) is 2. The van der Waals surface area contributed by atoms with Gasteiger partial charge < -0.3 is 4.90 Å². The van der Waals surface area contributed by atoms with Crippen LogP contribution in [-0.4, -0.2) is 13.1 Å². The second kappa shape index (κ2) is 6.80. The zero-order valence-corrected chi connectivity index (χ0v) is 12.1. The van der Waals surface area contributed by atoms with Gasteiger partial charge >= 0.3 is 6.18 Å². The summed E-state index contributed by atoms with van der Waals surface area (Å²) in [6.07, 6.45) is -4.20. The zero-order valence-electron chi connectivity index (χ0n) is 10.5. The van der Waals surface area contributed by atoms with Crippen molar-refractivity contribution in [2.75, 3.05) is 18.0 Å². The van der Waals surface area contributed by atoms with Crippen LogP contribution in [0.4, 0.5) is 18.9 Å². The fourth-order valence-corrected chi connectivity index (χ4v) is 2.15. The highest BCUT2D eigenvalue weighted by molar-refractivity contribution is 9.08. The lowest BCUT2D eigenvalue weighted by Gasteiger charge is -2.26. The molecule has 0 saturated carbocycles. The normalized spacial score (nSPS) is 11.2. The van der Waals surface area contributed by atoms with Crippen LogP contribution < -0.4 is 4.90 Å². The molecular formula is C13H14BrF3N2. The molecular weight excluding hydrogens is 321 g/mol. The van der Waals surface area contributed by atoms with Crippen molar-refractivity contribution in [3.8, 4) is 6.07 Å². The molecule has 1 aromatic rings. The fraction of sp³-hybridized carbons (Fsp3) is 0.462. The van der Waals surface area contributed by atoms with E-state index in [1.807, 2.05) is 6.07 Å². The molecule has 0 saturated heterocycles. The Balaban J connectivity index is 3.21. The minimum atomic E-state index is -4.40. The molecule has 6 heteroatoms. The van der Waals surface area contributed by atoms with Gasteiger partial charge in [-0.15, -0.1) is 0 Å². The van der Waals surface area contributed by atoms with Gasteiger partial charge in [-0.05, 0) is 24.6 Å². The van der Waals surface area contributed by atoms with Crippen molar-refractivity contribution in [2.45, 2.75) is 24.9 Å². The highest BCUT2D eigenvalue weighted by Gasteiger charge is 2.34. The summed E-state index contributed by atoms with van der Waals surface area (Å²) in [5.74, 6) is 0. The van der Waals surface area contributed by atoms with Crippen LogP contribution in [0.15, 0.2) is 18.2 Å². The number of hydrogen-bond donors (Lipinski definition) is 0. The summed E-state index contributed by atoms with van der Waals surface area (Å²) in [4.78, 5) is 1.57. The van der Waals surface area contributed by atoms with Crippen molar-refractivity contribution in [1.82, 2.24) is 0 Å². The zero-order chi connectivity index (χ0) is 14.5. The van der Waals surface area contributed by atoms with Gasteiger partial charge in [0.15, 0.2) is 0 Å². The lowest BCUT2D eigenvalue weighted by atomic mass is 10.1. The Morgan fingerprint density at radius 1 is 1.37 bits per heavy atom. The van der Waals surface area contributed by atoms with Crippen LogP contribution in [0, 0.1) is 11.3 Å². The van der Waals surface area contributed by atoms with E-state index in [0.29, 0.717) is 24.0 Å². The van der Waals surface area contributed by atoms with Crippen molar-refractivity contribution in [2.24, 2.45) is 0 Å². The second-order valence-electron chi connectivity index (χ2n) is 3.97. The first-order valence-corrected chi connectivity index (χ1v) is 6.94. The lowest BCUT2D eigenvalue weighted by Crippen LogP contribution is -2.26. The molecule has 0 aliphatic rings. The molecule has 1 aromatic carbocycles. The van der Waals surface area contributed by atoms with Gasteiger partial charge in [-0.2, -0.15) is 18.4 Å². The van der Waals surface area contributed by atoms with Crippen molar-refractivity contribution in [1.29, 1.82) is 5.26 Å². The van der Waals surface area contributed by atoms with Crippen LogP contribution in [0.25, 0.3) is 0 Å². The third-order valence-electron chi connectivity index (χ3n) is 2.74. The smallest absolute Gasteiger partial charge is 0.370 e. The van der Waals surface area contributed by atoms with Gasteiger partial charge in [-0.3, -0.25) is 0 Å². The number of rotatable bonds is 5. The summed E-state index contributed by atoms with van der Waals surface area (Å²) in [6, 6.07) is 6.24. The molecule has 0 unspecified atom stereocenters. The maximum Gasteiger partial charge on any atom is 0.418 e. The van der Waals surface area contributed by atoms with E-state index in [1.54, 1.807) is 17.9 Å². The SMILES string of the molecule is CCN(CCC#N)c1ccc(CBr)cc1C(F)(F)F. The Kier molecular flexibility index (Phi) is 5.67. The predicted octanol–water partition coefficient (Wildman–Crippen LogP) is 4.34. The van der Waals surface area contributed by atoms with Gasteiger partial charge in [0.25, 0.3) is 0 Å². The number of alkyl halides is 4. The number of benzene rings is 1. The second-order valence-corrected chi connectivity index (χ2v) is 4.53. The van der Waals surface area contributed by atoms with Crippen molar-refractivity contribution in [3.05, 3.63) is 29.3 Å². The molecule has 104 valence electrons. The molecule has 2 nitrogen and oxygen atoms in total. The molecule has 0 radical (unpaired) electrons. The number of anilines is 1. The average molecular weight is 335 g/mol. The summed E-state index contributed by atoms with van der Waals surface area (Å²) in [5, 5.41) is 8.94. The molecule has 0 aliphatic heterocycles. The summed E-state index contributed by atoms with van der Waals surface area (Å²) in [7, 11) is 0. The van der Waals surface area contributed by atoms with Gasteiger partial charge in [0.2, 0.25) is 0 Å². The van der Waals surface area contributed by atoms with E-state index in [2.05, 4.69) is 15.9 Å². The van der Waals surface area contributed by atoms with Crippen LogP contribution >= 0.6 is 15.9 Å². The number of halogens is 4. The molecule has 0 atom stereocenters. The molecule has 19 heavy (non-hydrogen) atoms. The maximum atomic E-state index is 13.1. The summed E-state index contributed by atoms with van der Waals surface area (Å²) in [5.41, 5.74) is 0.0617. The third kappa shape index (κ3) is 4.13. The van der Waals surface area contributed by atoms with Gasteiger partial charge in [-0.1, -0.05) is 22.0 Å². The Hall–Kier alpha value is -1.22. The Morgan fingerprint density at radius 2 is 2.05 bits per heavy atom. The van der Waals surface area contributed by atoms with E-state index in [9.17, 15) is 13.2 Å². The molecule has 0 spiro atoms. The highest BCUT2D eigenvalue weighted by atomic mass is 79.9. The van der Waals surface area contributed by atoms with Gasteiger partial charge in [-0.25, -0.2) is 0 Å². The molecule has 0 aromatic heterocycles. The fourth-order valence-electron chi connectivity index (χ4n) is 1.80. The van der Waals surface area contributed by atoms with Crippen LogP contribution in [0.2, 0.25) is 0 Å². The quantitative estimate of drug-likeness (QED) is 0.749. The molecule has 0 bridgehead atoms. The van der Waals surface area contributed by atoms with Crippen LogP contribution in [0.5, 0.6) is 0 Å². The van der Waals surface area contributed by atoms with Crippen molar-refractivity contribution >= 4 is 21.6 Å². The predicted molar refractivity (Wildman–Crippen MR) is 72.2 cm³/mol. The molecule has 0 fully saturated rings.